The van der Waals surface area contributed by atoms with Crippen LogP contribution in [0.3, 0.4) is 0 Å². The number of nitrogens with one attached hydrogen (secondary N) is 2. The van der Waals surface area contributed by atoms with Crippen LogP contribution >= 0.6 is 11.8 Å². The van der Waals surface area contributed by atoms with Crippen molar-refractivity contribution in [2.45, 2.75) is 56.2 Å². The standard InChI is InChI=1S/C19H29N3O5S/c1-8-14-13(9(2)23)18(25)22(14)15(19(26)27)17(8)28-11-5-12(21-7-11)16(24)10-3-4-20-6-10/h8-14,16,20-21,23-24H,3-7H2,1-2H3,(H,26,27)/t8-,9-,10-,11?,12+,13?,14?,16-/m1/s1. The molecule has 0 saturated carbocycles. The van der Waals surface area contributed by atoms with Crippen molar-refractivity contribution in [3.8, 4) is 0 Å². The molecule has 4 aliphatic rings. The first-order chi connectivity index (χ1) is 13.3. The largest absolute Gasteiger partial charge is 0.477 e. The van der Waals surface area contributed by atoms with Crippen LogP contribution in [0.5, 0.6) is 0 Å². The first-order valence-electron chi connectivity index (χ1n) is 10.1. The van der Waals surface area contributed by atoms with E-state index in [1.807, 2.05) is 6.92 Å². The first kappa shape index (κ1) is 20.2. The van der Waals surface area contributed by atoms with E-state index in [1.54, 1.807) is 6.92 Å². The summed E-state index contributed by atoms with van der Waals surface area (Å²) in [6.45, 7) is 6.00. The number of carboxylic acid groups (broad SMARTS) is 1. The van der Waals surface area contributed by atoms with E-state index < -0.39 is 24.1 Å². The molecular formula is C19H29N3O5S. The number of thioether (sulfide) groups is 1. The topological polar surface area (TPSA) is 122 Å². The average molecular weight is 412 g/mol. The summed E-state index contributed by atoms with van der Waals surface area (Å²) < 4.78 is 0. The molecule has 4 heterocycles. The Labute approximate surface area is 168 Å². The molecule has 28 heavy (non-hydrogen) atoms. The molecule has 3 saturated heterocycles. The molecule has 0 aromatic rings. The van der Waals surface area contributed by atoms with E-state index in [-0.39, 0.29) is 40.8 Å². The zero-order chi connectivity index (χ0) is 20.2. The first-order valence-corrected chi connectivity index (χ1v) is 11.0. The maximum Gasteiger partial charge on any atom is 0.353 e. The molecule has 0 spiro atoms. The molecule has 8 atom stereocenters. The second-order valence-electron chi connectivity index (χ2n) is 8.51. The Hall–Kier alpha value is -1.13. The van der Waals surface area contributed by atoms with Crippen LogP contribution in [0, 0.1) is 17.8 Å². The number of aliphatic carboxylic acids is 1. The Balaban J connectivity index is 1.47. The lowest BCUT2D eigenvalue weighted by Crippen LogP contribution is -2.63. The van der Waals surface area contributed by atoms with Crippen molar-refractivity contribution in [2.24, 2.45) is 17.8 Å². The van der Waals surface area contributed by atoms with E-state index >= 15 is 0 Å². The molecule has 9 heteroatoms. The highest BCUT2D eigenvalue weighted by molar-refractivity contribution is 8.03. The SMILES string of the molecule is C[C@@H](O)C1C(=O)N2C(C(=O)O)=C(SC3CN[C@H]([C@H](O)[C@@H]4CCNC4)C3)[C@H](C)C12. The van der Waals surface area contributed by atoms with Gasteiger partial charge in [-0.2, -0.15) is 0 Å². The van der Waals surface area contributed by atoms with Crippen LogP contribution in [-0.2, 0) is 9.59 Å². The minimum atomic E-state index is -1.09. The van der Waals surface area contributed by atoms with Crippen LogP contribution in [0.2, 0.25) is 0 Å². The van der Waals surface area contributed by atoms with E-state index in [2.05, 4.69) is 10.6 Å². The van der Waals surface area contributed by atoms with Crippen LogP contribution in [0.1, 0.15) is 26.7 Å². The van der Waals surface area contributed by atoms with Crippen molar-refractivity contribution >= 4 is 23.6 Å². The Morgan fingerprint density at radius 1 is 1.32 bits per heavy atom. The van der Waals surface area contributed by atoms with Crippen molar-refractivity contribution in [2.75, 3.05) is 19.6 Å². The van der Waals surface area contributed by atoms with Crippen molar-refractivity contribution in [3.05, 3.63) is 10.6 Å². The molecule has 1 amide bonds. The third-order valence-electron chi connectivity index (χ3n) is 6.72. The fraction of sp³-hybridized carbons (Fsp3) is 0.789. The highest BCUT2D eigenvalue weighted by Crippen LogP contribution is 2.51. The number of rotatable bonds is 6. The monoisotopic (exact) mass is 411 g/mol. The number of fused-ring (bicyclic) bond motifs is 1. The molecule has 0 aromatic carbocycles. The van der Waals surface area contributed by atoms with Gasteiger partial charge in [-0.05, 0) is 26.3 Å². The second kappa shape index (κ2) is 7.60. The Bertz CT molecular complexity index is 693. The Kier molecular flexibility index (Phi) is 5.47. The van der Waals surface area contributed by atoms with Gasteiger partial charge in [-0.3, -0.25) is 4.79 Å². The average Bonchev–Trinajstić information content (AvgIpc) is 3.35. The van der Waals surface area contributed by atoms with Gasteiger partial charge >= 0.3 is 5.97 Å². The van der Waals surface area contributed by atoms with Crippen molar-refractivity contribution in [1.29, 1.82) is 0 Å². The zero-order valence-corrected chi connectivity index (χ0v) is 17.0. The molecule has 4 aliphatic heterocycles. The predicted molar refractivity (Wildman–Crippen MR) is 104 cm³/mol. The number of aliphatic hydroxyl groups excluding tert-OH is 2. The molecule has 0 aromatic heterocycles. The van der Waals surface area contributed by atoms with Crippen LogP contribution in [0.25, 0.3) is 0 Å². The van der Waals surface area contributed by atoms with Gasteiger partial charge in [0.25, 0.3) is 0 Å². The smallest absolute Gasteiger partial charge is 0.353 e. The second-order valence-corrected chi connectivity index (χ2v) is 9.85. The molecule has 3 fully saturated rings. The van der Waals surface area contributed by atoms with Crippen molar-refractivity contribution in [3.63, 3.8) is 0 Å². The highest BCUT2D eigenvalue weighted by Gasteiger charge is 2.60. The van der Waals surface area contributed by atoms with Gasteiger partial charge in [0.1, 0.15) is 5.70 Å². The van der Waals surface area contributed by atoms with Crippen LogP contribution in [0.15, 0.2) is 10.6 Å². The number of hydrogen-bond acceptors (Lipinski definition) is 7. The number of aliphatic hydroxyl groups is 2. The van der Waals surface area contributed by atoms with E-state index in [9.17, 15) is 24.9 Å². The summed E-state index contributed by atoms with van der Waals surface area (Å²) in [5.74, 6) is -1.78. The fourth-order valence-corrected chi connectivity index (χ4v) is 6.73. The van der Waals surface area contributed by atoms with Gasteiger partial charge in [0.15, 0.2) is 0 Å². The molecule has 8 nitrogen and oxygen atoms in total. The molecule has 156 valence electrons. The minimum absolute atomic E-state index is 0.0110. The minimum Gasteiger partial charge on any atom is -0.477 e. The van der Waals surface area contributed by atoms with Gasteiger partial charge < -0.3 is 30.9 Å². The molecule has 4 rings (SSSR count). The molecule has 3 unspecified atom stereocenters. The number of carbonyl (C=O) groups is 2. The number of carboxylic acids is 1. The molecule has 0 bridgehead atoms. The highest BCUT2D eigenvalue weighted by atomic mass is 32.2. The third kappa shape index (κ3) is 3.17. The zero-order valence-electron chi connectivity index (χ0n) is 16.2. The van der Waals surface area contributed by atoms with Crippen molar-refractivity contribution < 1.29 is 24.9 Å². The summed E-state index contributed by atoms with van der Waals surface area (Å²) in [4.78, 5) is 26.4. The van der Waals surface area contributed by atoms with Crippen LogP contribution in [0.4, 0.5) is 0 Å². The van der Waals surface area contributed by atoms with Gasteiger partial charge in [-0.25, -0.2) is 4.79 Å². The number of nitrogens with zero attached hydrogens (tertiary/aromatic N) is 1. The lowest BCUT2D eigenvalue weighted by molar-refractivity contribution is -0.163. The van der Waals surface area contributed by atoms with Crippen molar-refractivity contribution in [1.82, 2.24) is 15.5 Å². The molecule has 5 N–H and O–H groups in total. The molecule has 0 aliphatic carbocycles. The molecular weight excluding hydrogens is 382 g/mol. The lowest BCUT2D eigenvalue weighted by atomic mass is 9.79. The van der Waals surface area contributed by atoms with Gasteiger partial charge in [-0.15, -0.1) is 11.8 Å². The fourth-order valence-electron chi connectivity index (χ4n) is 5.24. The van der Waals surface area contributed by atoms with Crippen LogP contribution in [-0.4, -0.2) is 81.3 Å². The summed E-state index contributed by atoms with van der Waals surface area (Å²) in [5.41, 5.74) is 0.0772. The van der Waals surface area contributed by atoms with Gasteiger partial charge in [0.05, 0.1) is 24.2 Å². The van der Waals surface area contributed by atoms with Gasteiger partial charge in [0.2, 0.25) is 5.91 Å². The van der Waals surface area contributed by atoms with E-state index in [4.69, 9.17) is 0 Å². The maximum atomic E-state index is 12.4. The Morgan fingerprint density at radius 2 is 2.07 bits per heavy atom. The number of carbonyl (C=O) groups excluding carboxylic acids is 1. The number of hydrogen-bond donors (Lipinski definition) is 5. The molecule has 0 radical (unpaired) electrons. The van der Waals surface area contributed by atoms with Crippen LogP contribution < -0.4 is 10.6 Å². The quantitative estimate of drug-likeness (QED) is 0.374. The Morgan fingerprint density at radius 3 is 2.68 bits per heavy atom. The summed E-state index contributed by atoms with van der Waals surface area (Å²) in [7, 11) is 0. The van der Waals surface area contributed by atoms with E-state index in [1.165, 1.54) is 16.7 Å². The maximum absolute atomic E-state index is 12.4. The van der Waals surface area contributed by atoms with Gasteiger partial charge in [-0.1, -0.05) is 6.92 Å². The van der Waals surface area contributed by atoms with Gasteiger partial charge in [0, 0.05) is 41.1 Å². The summed E-state index contributed by atoms with van der Waals surface area (Å²) in [6, 6.07) is -0.265. The predicted octanol–water partition coefficient (Wildman–Crippen LogP) is -0.426. The van der Waals surface area contributed by atoms with E-state index in [0.29, 0.717) is 6.54 Å². The number of β-lactam (4-membered cyclic amide) rings is 1. The lowest BCUT2D eigenvalue weighted by Gasteiger charge is -2.46. The summed E-state index contributed by atoms with van der Waals surface area (Å²) in [6.07, 6.45) is 0.547. The summed E-state index contributed by atoms with van der Waals surface area (Å²) >= 11 is 1.52. The van der Waals surface area contributed by atoms with E-state index in [0.717, 1.165) is 30.8 Å². The normalized spacial score (nSPS) is 39.9. The summed E-state index contributed by atoms with van der Waals surface area (Å²) in [5, 5.41) is 37.2. The third-order valence-corrected chi connectivity index (χ3v) is 8.23. The number of amides is 1.